The van der Waals surface area contributed by atoms with E-state index in [-0.39, 0.29) is 18.5 Å². The number of carbonyl (C=O) groups excluding carboxylic acids is 2. The van der Waals surface area contributed by atoms with E-state index in [1.165, 1.54) is 315 Å². The topological polar surface area (TPSA) is 95.9 Å². The van der Waals surface area contributed by atoms with Crippen LogP contribution in [0.25, 0.3) is 0 Å². The molecular weight excluding hydrogens is 959 g/mol. The molecule has 2 unspecified atom stereocenters. The number of hydrogen-bond acceptors (Lipinski definition) is 5. The summed E-state index contributed by atoms with van der Waals surface area (Å²) in [6, 6.07) is -0.631. The van der Waals surface area contributed by atoms with Crippen LogP contribution in [0.1, 0.15) is 386 Å². The van der Waals surface area contributed by atoms with Gasteiger partial charge in [-0.3, -0.25) is 9.59 Å². The highest BCUT2D eigenvalue weighted by atomic mass is 16.5. The van der Waals surface area contributed by atoms with Crippen molar-refractivity contribution in [2.24, 2.45) is 0 Å². The van der Waals surface area contributed by atoms with Crippen LogP contribution in [-0.4, -0.2) is 47.4 Å². The lowest BCUT2D eigenvalue weighted by Gasteiger charge is -2.20. The average Bonchev–Trinajstić information content (AvgIpc) is 3.44. The molecule has 0 saturated heterocycles. The van der Waals surface area contributed by atoms with Crippen molar-refractivity contribution in [1.82, 2.24) is 5.32 Å². The van der Waals surface area contributed by atoms with Gasteiger partial charge >= 0.3 is 5.97 Å². The van der Waals surface area contributed by atoms with Gasteiger partial charge in [0.15, 0.2) is 0 Å². The first-order valence-electron chi connectivity index (χ1n) is 35.3. The van der Waals surface area contributed by atoms with Crippen LogP contribution in [0, 0.1) is 0 Å². The van der Waals surface area contributed by atoms with E-state index in [9.17, 15) is 19.8 Å². The molecule has 460 valence electrons. The Kier molecular flexibility index (Phi) is 65.9. The molecule has 0 bridgehead atoms. The third kappa shape index (κ3) is 63.3. The van der Waals surface area contributed by atoms with Gasteiger partial charge in [0, 0.05) is 12.8 Å². The van der Waals surface area contributed by atoms with Crippen molar-refractivity contribution in [2.75, 3.05) is 13.2 Å². The molecule has 6 nitrogen and oxygen atoms in total. The second-order valence-electron chi connectivity index (χ2n) is 24.2. The summed E-state index contributed by atoms with van der Waals surface area (Å²) in [4.78, 5) is 24.6. The van der Waals surface area contributed by atoms with Crippen molar-refractivity contribution in [3.8, 4) is 0 Å². The number of hydrogen-bond donors (Lipinski definition) is 3. The monoisotopic (exact) mass is 1100 g/mol. The predicted octanol–water partition coefficient (Wildman–Crippen LogP) is 22.7. The molecule has 0 aliphatic rings. The fraction of sp³-hybridized carbons (Fsp3) is 0.889. The largest absolute Gasteiger partial charge is 0.466 e. The van der Waals surface area contributed by atoms with Crippen LogP contribution in [0.4, 0.5) is 0 Å². The molecule has 0 aromatic rings. The van der Waals surface area contributed by atoms with E-state index < -0.39 is 12.1 Å². The van der Waals surface area contributed by atoms with Crippen molar-refractivity contribution >= 4 is 11.9 Å². The van der Waals surface area contributed by atoms with Gasteiger partial charge in [0.2, 0.25) is 5.91 Å². The lowest BCUT2D eigenvalue weighted by atomic mass is 10.0. The van der Waals surface area contributed by atoms with Crippen LogP contribution in [-0.2, 0) is 14.3 Å². The van der Waals surface area contributed by atoms with Gasteiger partial charge in [-0.1, -0.05) is 326 Å². The van der Waals surface area contributed by atoms with Gasteiger partial charge in [-0.15, -0.1) is 0 Å². The van der Waals surface area contributed by atoms with Crippen LogP contribution in [0.15, 0.2) is 36.5 Å². The third-order valence-corrected chi connectivity index (χ3v) is 16.4. The summed E-state index contributed by atoms with van der Waals surface area (Å²) in [5.41, 5.74) is 0. The lowest BCUT2D eigenvalue weighted by Crippen LogP contribution is -2.45. The Morgan fingerprint density at radius 1 is 0.346 bits per heavy atom. The fourth-order valence-electron chi connectivity index (χ4n) is 11.0. The minimum Gasteiger partial charge on any atom is -0.466 e. The molecule has 0 saturated carbocycles. The molecule has 0 aliphatic carbocycles. The molecule has 3 N–H and O–H groups in total. The summed E-state index contributed by atoms with van der Waals surface area (Å²) in [5.74, 6) is -0.0577. The minimum absolute atomic E-state index is 0.0106. The number of amides is 1. The fourth-order valence-corrected chi connectivity index (χ4v) is 11.0. The first-order chi connectivity index (χ1) is 38.5. The molecule has 0 spiro atoms. The first-order valence-corrected chi connectivity index (χ1v) is 35.3. The number of unbranched alkanes of at least 4 members (excludes halogenated alkanes) is 51. The summed E-state index contributed by atoms with van der Waals surface area (Å²) >= 11 is 0. The molecule has 1 amide bonds. The number of nitrogens with one attached hydrogen (secondary N) is 1. The zero-order valence-corrected chi connectivity index (χ0v) is 52.7. The molecular formula is C72H137NO5. The quantitative estimate of drug-likeness (QED) is 0.0320. The Balaban J connectivity index is 3.41. The van der Waals surface area contributed by atoms with E-state index in [4.69, 9.17) is 4.74 Å². The average molecular weight is 1100 g/mol. The molecule has 6 heteroatoms. The smallest absolute Gasteiger partial charge is 0.305 e. The lowest BCUT2D eigenvalue weighted by molar-refractivity contribution is -0.143. The number of aliphatic hydroxyl groups excluding tert-OH is 2. The second-order valence-corrected chi connectivity index (χ2v) is 24.2. The van der Waals surface area contributed by atoms with Gasteiger partial charge in [0.25, 0.3) is 0 Å². The number of ether oxygens (including phenoxy) is 1. The number of carbonyl (C=O) groups is 2. The number of allylic oxidation sites excluding steroid dienone is 5. The Morgan fingerprint density at radius 3 is 0.910 bits per heavy atom. The summed E-state index contributed by atoms with van der Waals surface area (Å²) in [7, 11) is 0. The maximum absolute atomic E-state index is 12.5. The zero-order valence-electron chi connectivity index (χ0n) is 52.7. The van der Waals surface area contributed by atoms with Gasteiger partial charge in [-0.2, -0.15) is 0 Å². The van der Waals surface area contributed by atoms with E-state index in [0.717, 1.165) is 44.9 Å². The van der Waals surface area contributed by atoms with Crippen LogP contribution in [0.3, 0.4) is 0 Å². The molecule has 0 heterocycles. The molecule has 0 radical (unpaired) electrons. The van der Waals surface area contributed by atoms with E-state index in [0.29, 0.717) is 19.4 Å². The maximum Gasteiger partial charge on any atom is 0.305 e. The summed E-state index contributed by atoms with van der Waals surface area (Å²) < 4.78 is 5.50. The second kappa shape index (κ2) is 67.6. The molecule has 78 heavy (non-hydrogen) atoms. The van der Waals surface area contributed by atoms with Crippen molar-refractivity contribution in [3.63, 3.8) is 0 Å². The van der Waals surface area contributed by atoms with Gasteiger partial charge in [0.05, 0.1) is 25.4 Å². The minimum atomic E-state index is -0.847. The predicted molar refractivity (Wildman–Crippen MR) is 343 cm³/mol. The Morgan fingerprint density at radius 2 is 0.603 bits per heavy atom. The Bertz CT molecular complexity index is 1260. The summed E-state index contributed by atoms with van der Waals surface area (Å²) in [6.45, 7) is 4.93. The van der Waals surface area contributed by atoms with E-state index >= 15 is 0 Å². The van der Waals surface area contributed by atoms with Gasteiger partial charge in [0.1, 0.15) is 0 Å². The Hall–Kier alpha value is -1.92. The molecule has 2 atom stereocenters. The molecule has 0 aromatic heterocycles. The highest BCUT2D eigenvalue weighted by Gasteiger charge is 2.18. The highest BCUT2D eigenvalue weighted by Crippen LogP contribution is 2.18. The number of rotatable bonds is 66. The summed E-state index contributed by atoms with van der Waals surface area (Å²) in [6.07, 6.45) is 86.4. The molecule has 0 aromatic carbocycles. The van der Waals surface area contributed by atoms with Crippen molar-refractivity contribution in [2.45, 2.75) is 398 Å². The van der Waals surface area contributed by atoms with Gasteiger partial charge < -0.3 is 20.3 Å². The van der Waals surface area contributed by atoms with E-state index in [2.05, 4.69) is 43.5 Å². The zero-order chi connectivity index (χ0) is 56.4. The molecule has 0 aliphatic heterocycles. The number of aliphatic hydroxyl groups is 2. The van der Waals surface area contributed by atoms with E-state index in [1.807, 2.05) is 6.08 Å². The maximum atomic E-state index is 12.5. The third-order valence-electron chi connectivity index (χ3n) is 16.4. The van der Waals surface area contributed by atoms with Crippen LogP contribution < -0.4 is 5.32 Å². The Labute approximate surface area is 487 Å². The van der Waals surface area contributed by atoms with Crippen LogP contribution in [0.2, 0.25) is 0 Å². The first kappa shape index (κ1) is 76.1. The van der Waals surface area contributed by atoms with Crippen LogP contribution >= 0.6 is 0 Å². The number of esters is 1. The van der Waals surface area contributed by atoms with Crippen molar-refractivity contribution in [1.29, 1.82) is 0 Å². The highest BCUT2D eigenvalue weighted by molar-refractivity contribution is 5.76. The standard InChI is InChI=1S/C72H137NO5/c1-3-5-7-9-11-13-15-17-19-21-32-36-40-44-48-52-56-60-64-70(75)69(68-74)73-71(76)65-61-57-53-49-45-41-37-33-30-28-26-24-23-25-27-29-31-35-39-43-47-51-55-59-63-67-78-72(77)66-62-58-54-50-46-42-38-34-22-20-18-16-14-12-10-8-6-4-2/h20,22,24,26,60,64,69-70,74-75H,3-19,21,23,25,27-59,61-63,65-68H2,1-2H3,(H,73,76)/b22-20-,26-24-,64-60+. The van der Waals surface area contributed by atoms with E-state index in [1.54, 1.807) is 6.08 Å². The van der Waals surface area contributed by atoms with Gasteiger partial charge in [-0.05, 0) is 83.5 Å². The summed E-state index contributed by atoms with van der Waals surface area (Å²) in [5, 5.41) is 23.2. The van der Waals surface area contributed by atoms with Crippen molar-refractivity contribution < 1.29 is 24.5 Å². The van der Waals surface area contributed by atoms with Gasteiger partial charge in [-0.25, -0.2) is 0 Å². The normalized spacial score (nSPS) is 12.7. The van der Waals surface area contributed by atoms with Crippen LogP contribution in [0.5, 0.6) is 0 Å². The molecule has 0 rings (SSSR count). The SMILES string of the molecule is CCCCCCCCC/C=C\CCCCCCCCCC(=O)OCCCCCCCCCCCCCC/C=C\CCCCCCCCCCCC(=O)NC(CO)C(O)/C=C/CCCCCCCCCCCCCCCCCC. The van der Waals surface area contributed by atoms with Crippen molar-refractivity contribution in [3.05, 3.63) is 36.5 Å². The molecule has 0 fully saturated rings.